The Morgan fingerprint density at radius 2 is 1.63 bits per heavy atom. The lowest BCUT2D eigenvalue weighted by molar-refractivity contribution is -0.138. The number of alkyl halides is 3. The van der Waals surface area contributed by atoms with Crippen molar-refractivity contribution in [1.82, 2.24) is 4.90 Å². The molecule has 2 aromatic carbocycles. The fourth-order valence-electron chi connectivity index (χ4n) is 3.63. The van der Waals surface area contributed by atoms with Crippen molar-refractivity contribution in [2.24, 2.45) is 0 Å². The zero-order valence-electron chi connectivity index (χ0n) is 17.4. The van der Waals surface area contributed by atoms with Crippen LogP contribution in [-0.2, 0) is 11.0 Å². The van der Waals surface area contributed by atoms with E-state index >= 15 is 0 Å². The lowest BCUT2D eigenvalue weighted by Gasteiger charge is -2.37. The molecule has 0 aliphatic carbocycles. The highest BCUT2D eigenvalue weighted by molar-refractivity contribution is 5.81. The van der Waals surface area contributed by atoms with E-state index in [2.05, 4.69) is 13.8 Å². The SMILES string of the molecule is CC(C)c1ccccc1O[C@H](C)C(=O)N1CCN(c2cccc(C(F)(F)F)c2)CC1. The van der Waals surface area contributed by atoms with Gasteiger partial charge in [0.05, 0.1) is 5.56 Å². The number of hydrogen-bond donors (Lipinski definition) is 0. The van der Waals surface area contributed by atoms with E-state index in [4.69, 9.17) is 4.74 Å². The molecule has 1 heterocycles. The summed E-state index contributed by atoms with van der Waals surface area (Å²) >= 11 is 0. The van der Waals surface area contributed by atoms with E-state index in [0.29, 0.717) is 37.6 Å². The van der Waals surface area contributed by atoms with Crippen LogP contribution >= 0.6 is 0 Å². The van der Waals surface area contributed by atoms with Crippen LogP contribution in [0.3, 0.4) is 0 Å². The Bertz CT molecular complexity index is 875. The molecule has 0 N–H and O–H groups in total. The molecule has 1 fully saturated rings. The van der Waals surface area contributed by atoms with Gasteiger partial charge in [0.2, 0.25) is 0 Å². The minimum atomic E-state index is -4.37. The summed E-state index contributed by atoms with van der Waals surface area (Å²) in [7, 11) is 0. The average molecular weight is 420 g/mol. The van der Waals surface area contributed by atoms with Crippen molar-refractivity contribution in [2.75, 3.05) is 31.1 Å². The normalized spacial score (nSPS) is 16.0. The zero-order valence-corrected chi connectivity index (χ0v) is 17.4. The van der Waals surface area contributed by atoms with Crippen molar-refractivity contribution in [3.63, 3.8) is 0 Å². The highest BCUT2D eigenvalue weighted by Gasteiger charge is 2.32. The molecule has 1 aliphatic heterocycles. The number of ether oxygens (including phenoxy) is 1. The molecule has 4 nitrogen and oxygen atoms in total. The first kappa shape index (κ1) is 22.0. The van der Waals surface area contributed by atoms with Crippen LogP contribution in [0.4, 0.5) is 18.9 Å². The predicted octanol–water partition coefficient (Wildman–Crippen LogP) is 4.94. The number of carbonyl (C=O) groups excluding carboxylic acids is 1. The average Bonchev–Trinajstić information content (AvgIpc) is 2.73. The summed E-state index contributed by atoms with van der Waals surface area (Å²) in [6, 6.07) is 13.0. The van der Waals surface area contributed by atoms with Gasteiger partial charge in [-0.05, 0) is 42.7 Å². The van der Waals surface area contributed by atoms with Crippen molar-refractivity contribution in [3.05, 3.63) is 59.7 Å². The van der Waals surface area contributed by atoms with Gasteiger partial charge in [-0.2, -0.15) is 13.2 Å². The number of piperazine rings is 1. The maximum atomic E-state index is 13.0. The number of carbonyl (C=O) groups is 1. The van der Waals surface area contributed by atoms with E-state index in [0.717, 1.165) is 17.7 Å². The van der Waals surface area contributed by atoms with E-state index in [1.54, 1.807) is 17.9 Å². The molecule has 1 atom stereocenters. The third kappa shape index (κ3) is 5.07. The number of hydrogen-bond acceptors (Lipinski definition) is 3. The monoisotopic (exact) mass is 420 g/mol. The number of rotatable bonds is 5. The molecule has 2 aromatic rings. The molecule has 1 aliphatic rings. The van der Waals surface area contributed by atoms with Crippen LogP contribution in [0.1, 0.15) is 37.8 Å². The first-order valence-corrected chi connectivity index (χ1v) is 10.1. The first-order chi connectivity index (χ1) is 14.2. The predicted molar refractivity (Wildman–Crippen MR) is 111 cm³/mol. The minimum absolute atomic E-state index is 0.114. The quantitative estimate of drug-likeness (QED) is 0.687. The summed E-state index contributed by atoms with van der Waals surface area (Å²) in [5.41, 5.74) is 0.906. The smallest absolute Gasteiger partial charge is 0.416 e. The Hall–Kier alpha value is -2.70. The Morgan fingerprint density at radius 1 is 0.967 bits per heavy atom. The van der Waals surface area contributed by atoms with Gasteiger partial charge in [-0.15, -0.1) is 0 Å². The molecule has 0 bridgehead atoms. The second-order valence-corrected chi connectivity index (χ2v) is 7.81. The maximum Gasteiger partial charge on any atom is 0.416 e. The van der Waals surface area contributed by atoms with Crippen LogP contribution in [0, 0.1) is 0 Å². The Morgan fingerprint density at radius 3 is 2.27 bits per heavy atom. The molecule has 0 aromatic heterocycles. The minimum Gasteiger partial charge on any atom is -0.481 e. The fraction of sp³-hybridized carbons (Fsp3) is 0.435. The molecule has 0 unspecified atom stereocenters. The topological polar surface area (TPSA) is 32.8 Å². The molecule has 1 saturated heterocycles. The number of anilines is 1. The van der Waals surface area contributed by atoms with E-state index in [1.807, 2.05) is 29.2 Å². The molecule has 162 valence electrons. The number of nitrogens with zero attached hydrogens (tertiary/aromatic N) is 2. The van der Waals surface area contributed by atoms with E-state index in [9.17, 15) is 18.0 Å². The molecule has 0 spiro atoms. The van der Waals surface area contributed by atoms with Gasteiger partial charge in [-0.3, -0.25) is 4.79 Å². The third-order valence-corrected chi connectivity index (χ3v) is 5.32. The summed E-state index contributed by atoms with van der Waals surface area (Å²) in [6.07, 6.45) is -5.00. The molecular weight excluding hydrogens is 393 g/mol. The van der Waals surface area contributed by atoms with Crippen molar-refractivity contribution in [1.29, 1.82) is 0 Å². The van der Waals surface area contributed by atoms with Gasteiger partial charge < -0.3 is 14.5 Å². The molecule has 30 heavy (non-hydrogen) atoms. The molecular formula is C23H27F3N2O2. The molecule has 0 saturated carbocycles. The number of halogens is 3. The Balaban J connectivity index is 1.60. The highest BCUT2D eigenvalue weighted by atomic mass is 19.4. The van der Waals surface area contributed by atoms with E-state index in [-0.39, 0.29) is 11.8 Å². The number of para-hydroxylation sites is 1. The van der Waals surface area contributed by atoms with Crippen LogP contribution in [0.2, 0.25) is 0 Å². The second kappa shape index (κ2) is 8.98. The lowest BCUT2D eigenvalue weighted by Crippen LogP contribution is -2.52. The van der Waals surface area contributed by atoms with Gasteiger partial charge in [-0.25, -0.2) is 0 Å². The molecule has 3 rings (SSSR count). The highest BCUT2D eigenvalue weighted by Crippen LogP contribution is 2.32. The van der Waals surface area contributed by atoms with Gasteiger partial charge >= 0.3 is 6.18 Å². The molecule has 0 radical (unpaired) electrons. The number of benzene rings is 2. The fourth-order valence-corrected chi connectivity index (χ4v) is 3.63. The standard InChI is InChI=1S/C23H27F3N2O2/c1-16(2)20-9-4-5-10-21(20)30-17(3)22(29)28-13-11-27(12-14-28)19-8-6-7-18(15-19)23(24,25)26/h4-10,15-17H,11-14H2,1-3H3/t17-/m1/s1. The van der Waals surface area contributed by atoms with Crippen LogP contribution in [0.25, 0.3) is 0 Å². The zero-order chi connectivity index (χ0) is 21.9. The summed E-state index contributed by atoms with van der Waals surface area (Å²) in [5.74, 6) is 0.868. The van der Waals surface area contributed by atoms with Crippen LogP contribution in [-0.4, -0.2) is 43.1 Å². The van der Waals surface area contributed by atoms with Gasteiger partial charge in [0.1, 0.15) is 5.75 Å². The van der Waals surface area contributed by atoms with Gasteiger partial charge in [0.25, 0.3) is 5.91 Å². The van der Waals surface area contributed by atoms with Crippen molar-refractivity contribution in [2.45, 2.75) is 39.0 Å². The Kier molecular flexibility index (Phi) is 6.58. The lowest BCUT2D eigenvalue weighted by atomic mass is 10.0. The van der Waals surface area contributed by atoms with E-state index in [1.165, 1.54) is 6.07 Å². The summed E-state index contributed by atoms with van der Waals surface area (Å²) in [4.78, 5) is 16.4. The van der Waals surface area contributed by atoms with Crippen LogP contribution in [0.5, 0.6) is 5.75 Å². The maximum absolute atomic E-state index is 13.0. The van der Waals surface area contributed by atoms with Crippen molar-refractivity contribution < 1.29 is 22.7 Å². The van der Waals surface area contributed by atoms with Crippen molar-refractivity contribution in [3.8, 4) is 5.75 Å². The van der Waals surface area contributed by atoms with Crippen LogP contribution < -0.4 is 9.64 Å². The van der Waals surface area contributed by atoms with Crippen molar-refractivity contribution >= 4 is 11.6 Å². The summed E-state index contributed by atoms with van der Waals surface area (Å²) < 4.78 is 44.8. The van der Waals surface area contributed by atoms with Gasteiger partial charge in [0, 0.05) is 31.9 Å². The molecule has 1 amide bonds. The van der Waals surface area contributed by atoms with E-state index < -0.39 is 17.8 Å². The molecule has 7 heteroatoms. The first-order valence-electron chi connectivity index (χ1n) is 10.1. The van der Waals surface area contributed by atoms with Gasteiger partial charge in [-0.1, -0.05) is 38.1 Å². The largest absolute Gasteiger partial charge is 0.481 e. The third-order valence-electron chi connectivity index (χ3n) is 5.32. The van der Waals surface area contributed by atoms with Crippen LogP contribution in [0.15, 0.2) is 48.5 Å². The number of amides is 1. The second-order valence-electron chi connectivity index (χ2n) is 7.81. The van der Waals surface area contributed by atoms with Gasteiger partial charge in [0.15, 0.2) is 6.10 Å². The summed E-state index contributed by atoms with van der Waals surface area (Å²) in [5, 5.41) is 0. The Labute approximate surface area is 175 Å². The summed E-state index contributed by atoms with van der Waals surface area (Å²) in [6.45, 7) is 7.70.